The Bertz CT molecular complexity index is 772. The van der Waals surface area contributed by atoms with E-state index >= 15 is 0 Å². The van der Waals surface area contributed by atoms with Crippen molar-refractivity contribution in [3.05, 3.63) is 52.5 Å². The molecular formula is C19H20ClNO4. The number of nitrogens with one attached hydrogen (secondary N) is 1. The van der Waals surface area contributed by atoms with Crippen molar-refractivity contribution in [3.63, 3.8) is 0 Å². The van der Waals surface area contributed by atoms with Crippen molar-refractivity contribution < 1.29 is 19.1 Å². The molecule has 2 aromatic rings. The predicted molar refractivity (Wildman–Crippen MR) is 97.9 cm³/mol. The van der Waals surface area contributed by atoms with Crippen molar-refractivity contribution in [1.29, 1.82) is 0 Å². The lowest BCUT2D eigenvalue weighted by Gasteiger charge is -2.13. The fraction of sp³-hybridized carbons (Fsp3) is 0.263. The smallest absolute Gasteiger partial charge is 0.224 e. The summed E-state index contributed by atoms with van der Waals surface area (Å²) in [6.07, 6.45) is 0.195. The van der Waals surface area contributed by atoms with Crippen LogP contribution >= 0.6 is 11.6 Å². The van der Waals surface area contributed by atoms with Gasteiger partial charge in [0.1, 0.15) is 11.5 Å². The summed E-state index contributed by atoms with van der Waals surface area (Å²) < 4.78 is 10.3. The Morgan fingerprint density at radius 1 is 1.00 bits per heavy atom. The van der Waals surface area contributed by atoms with Gasteiger partial charge in [0.05, 0.1) is 24.9 Å². The summed E-state index contributed by atoms with van der Waals surface area (Å²) in [5, 5.41) is 3.07. The van der Waals surface area contributed by atoms with Gasteiger partial charge in [0.2, 0.25) is 5.91 Å². The molecule has 132 valence electrons. The number of benzene rings is 2. The molecule has 0 fully saturated rings. The van der Waals surface area contributed by atoms with E-state index in [4.69, 9.17) is 21.1 Å². The summed E-state index contributed by atoms with van der Waals surface area (Å²) in [6.45, 7) is 1.95. The average molecular weight is 362 g/mol. The second kappa shape index (κ2) is 8.53. The first-order valence-corrected chi connectivity index (χ1v) is 8.13. The van der Waals surface area contributed by atoms with Crippen molar-refractivity contribution >= 4 is 29.0 Å². The number of halogens is 1. The van der Waals surface area contributed by atoms with E-state index in [1.807, 2.05) is 19.1 Å². The molecule has 0 radical (unpaired) electrons. The van der Waals surface area contributed by atoms with Gasteiger partial charge in [0.25, 0.3) is 0 Å². The topological polar surface area (TPSA) is 64.6 Å². The number of Topliss-reactive ketones (excluding diaryl/α,β-unsaturated/α-hetero) is 1. The highest BCUT2D eigenvalue weighted by Gasteiger charge is 2.14. The Labute approximate surface area is 151 Å². The minimum atomic E-state index is -0.292. The second-order valence-electron chi connectivity index (χ2n) is 5.52. The molecule has 0 aliphatic carbocycles. The van der Waals surface area contributed by atoms with Gasteiger partial charge in [0.15, 0.2) is 5.78 Å². The number of aryl methyl sites for hydroxylation is 1. The molecule has 0 aliphatic rings. The quantitative estimate of drug-likeness (QED) is 0.748. The van der Waals surface area contributed by atoms with Gasteiger partial charge in [-0.3, -0.25) is 9.59 Å². The SMILES string of the molecule is COc1cc(OC)c(NC(=O)CCC(=O)c2ccc(C)cc2)cc1Cl. The zero-order valence-electron chi connectivity index (χ0n) is 14.4. The van der Waals surface area contributed by atoms with E-state index < -0.39 is 0 Å². The maximum absolute atomic E-state index is 12.1. The second-order valence-corrected chi connectivity index (χ2v) is 5.93. The van der Waals surface area contributed by atoms with Crippen LogP contribution in [0.4, 0.5) is 5.69 Å². The molecule has 0 atom stereocenters. The fourth-order valence-corrected chi connectivity index (χ4v) is 2.52. The van der Waals surface area contributed by atoms with Crippen LogP contribution < -0.4 is 14.8 Å². The first-order valence-electron chi connectivity index (χ1n) is 7.76. The normalized spacial score (nSPS) is 10.2. The number of hydrogen-bond acceptors (Lipinski definition) is 4. The van der Waals surface area contributed by atoms with Gasteiger partial charge < -0.3 is 14.8 Å². The van der Waals surface area contributed by atoms with Crippen LogP contribution in [0.5, 0.6) is 11.5 Å². The van der Waals surface area contributed by atoms with E-state index in [0.717, 1.165) is 5.56 Å². The van der Waals surface area contributed by atoms with Crippen molar-refractivity contribution in [2.45, 2.75) is 19.8 Å². The van der Waals surface area contributed by atoms with Gasteiger partial charge in [-0.1, -0.05) is 41.4 Å². The number of ether oxygens (including phenoxy) is 2. The minimum absolute atomic E-state index is 0.0690. The number of carbonyl (C=O) groups excluding carboxylic acids is 2. The Kier molecular flexibility index (Phi) is 6.42. The summed E-state index contributed by atoms with van der Waals surface area (Å²) in [7, 11) is 2.98. The highest BCUT2D eigenvalue weighted by molar-refractivity contribution is 6.32. The lowest BCUT2D eigenvalue weighted by atomic mass is 10.0. The Morgan fingerprint density at radius 3 is 2.24 bits per heavy atom. The predicted octanol–water partition coefficient (Wildman–Crippen LogP) is 4.27. The van der Waals surface area contributed by atoms with Gasteiger partial charge in [-0.15, -0.1) is 0 Å². The molecule has 0 saturated heterocycles. The molecule has 2 rings (SSSR count). The first kappa shape index (κ1) is 18.8. The fourth-order valence-electron chi connectivity index (χ4n) is 2.28. The highest BCUT2D eigenvalue weighted by Crippen LogP contribution is 2.35. The van der Waals surface area contributed by atoms with Gasteiger partial charge in [-0.25, -0.2) is 0 Å². The van der Waals surface area contributed by atoms with Crippen molar-refractivity contribution in [2.75, 3.05) is 19.5 Å². The first-order chi connectivity index (χ1) is 11.9. The van der Waals surface area contributed by atoms with Crippen molar-refractivity contribution in [1.82, 2.24) is 0 Å². The molecule has 0 spiro atoms. The Balaban J connectivity index is 1.99. The third-order valence-corrected chi connectivity index (χ3v) is 4.00. The van der Waals surface area contributed by atoms with Crippen LogP contribution in [-0.4, -0.2) is 25.9 Å². The number of methoxy groups -OCH3 is 2. The Hall–Kier alpha value is -2.53. The molecule has 0 saturated carbocycles. The van der Waals surface area contributed by atoms with Crippen LogP contribution in [0, 0.1) is 6.92 Å². The standard InChI is InChI=1S/C19H20ClNO4/c1-12-4-6-13(7-5-12)16(22)8-9-19(23)21-15-10-14(20)17(24-2)11-18(15)25-3/h4-7,10-11H,8-9H2,1-3H3,(H,21,23). The van der Waals surface area contributed by atoms with E-state index in [9.17, 15) is 9.59 Å². The summed E-state index contributed by atoms with van der Waals surface area (Å²) >= 11 is 6.08. The molecule has 5 nitrogen and oxygen atoms in total. The van der Waals surface area contributed by atoms with Gasteiger partial charge in [0, 0.05) is 24.5 Å². The highest BCUT2D eigenvalue weighted by atomic mass is 35.5. The van der Waals surface area contributed by atoms with E-state index in [2.05, 4.69) is 5.32 Å². The molecule has 0 aliphatic heterocycles. The number of hydrogen-bond donors (Lipinski definition) is 1. The van der Waals surface area contributed by atoms with E-state index in [0.29, 0.717) is 27.8 Å². The number of anilines is 1. The number of rotatable bonds is 7. The van der Waals surface area contributed by atoms with Crippen LogP contribution in [-0.2, 0) is 4.79 Å². The van der Waals surface area contributed by atoms with Crippen LogP contribution in [0.25, 0.3) is 0 Å². The lowest BCUT2D eigenvalue weighted by molar-refractivity contribution is -0.116. The van der Waals surface area contributed by atoms with Gasteiger partial charge in [-0.05, 0) is 13.0 Å². The molecule has 0 aromatic heterocycles. The van der Waals surface area contributed by atoms with Crippen LogP contribution in [0.2, 0.25) is 5.02 Å². The molecule has 0 unspecified atom stereocenters. The molecule has 25 heavy (non-hydrogen) atoms. The maximum atomic E-state index is 12.1. The summed E-state index contributed by atoms with van der Waals surface area (Å²) in [5.74, 6) is 0.514. The molecule has 2 aromatic carbocycles. The summed E-state index contributed by atoms with van der Waals surface area (Å²) in [4.78, 5) is 24.3. The van der Waals surface area contributed by atoms with Crippen LogP contribution in [0.15, 0.2) is 36.4 Å². The zero-order valence-corrected chi connectivity index (χ0v) is 15.1. The molecule has 0 bridgehead atoms. The van der Waals surface area contributed by atoms with E-state index in [1.54, 1.807) is 24.3 Å². The third kappa shape index (κ3) is 4.97. The summed E-state index contributed by atoms with van der Waals surface area (Å²) in [6, 6.07) is 10.4. The van der Waals surface area contributed by atoms with Crippen LogP contribution in [0.1, 0.15) is 28.8 Å². The lowest BCUT2D eigenvalue weighted by Crippen LogP contribution is -2.14. The molecule has 6 heteroatoms. The monoisotopic (exact) mass is 361 g/mol. The number of ketones is 1. The molecule has 1 N–H and O–H groups in total. The van der Waals surface area contributed by atoms with Crippen molar-refractivity contribution in [2.24, 2.45) is 0 Å². The Morgan fingerprint density at radius 2 is 1.64 bits per heavy atom. The maximum Gasteiger partial charge on any atom is 0.224 e. The summed E-state index contributed by atoms with van der Waals surface area (Å²) in [5.41, 5.74) is 2.11. The average Bonchev–Trinajstić information content (AvgIpc) is 2.60. The van der Waals surface area contributed by atoms with E-state index in [-0.39, 0.29) is 24.5 Å². The largest absolute Gasteiger partial charge is 0.495 e. The number of carbonyl (C=O) groups is 2. The zero-order chi connectivity index (χ0) is 18.4. The molecule has 0 heterocycles. The molecule has 1 amide bonds. The third-order valence-electron chi connectivity index (χ3n) is 3.70. The number of amides is 1. The van der Waals surface area contributed by atoms with Crippen molar-refractivity contribution in [3.8, 4) is 11.5 Å². The van der Waals surface area contributed by atoms with Crippen LogP contribution in [0.3, 0.4) is 0 Å². The molecular weight excluding hydrogens is 342 g/mol. The minimum Gasteiger partial charge on any atom is -0.495 e. The van der Waals surface area contributed by atoms with Gasteiger partial charge >= 0.3 is 0 Å². The van der Waals surface area contributed by atoms with Gasteiger partial charge in [-0.2, -0.15) is 0 Å². The van der Waals surface area contributed by atoms with E-state index in [1.165, 1.54) is 14.2 Å².